The molecule has 0 aliphatic carbocycles. The lowest BCUT2D eigenvalue weighted by atomic mass is 9.92. The van der Waals surface area contributed by atoms with Gasteiger partial charge in [-0.1, -0.05) is 30.3 Å². The molecule has 0 saturated heterocycles. The summed E-state index contributed by atoms with van der Waals surface area (Å²) < 4.78 is 13.2. The van der Waals surface area contributed by atoms with Crippen molar-refractivity contribution < 1.29 is 4.39 Å². The van der Waals surface area contributed by atoms with E-state index in [1.807, 2.05) is 32.2 Å². The summed E-state index contributed by atoms with van der Waals surface area (Å²) in [5.74, 6) is -0.184. The van der Waals surface area contributed by atoms with E-state index < -0.39 is 0 Å². The van der Waals surface area contributed by atoms with E-state index in [0.29, 0.717) is 0 Å². The Kier molecular flexibility index (Phi) is 3.78. The lowest BCUT2D eigenvalue weighted by Crippen LogP contribution is -2.19. The third-order valence-electron chi connectivity index (χ3n) is 3.33. The van der Waals surface area contributed by atoms with Crippen molar-refractivity contribution in [2.75, 3.05) is 7.05 Å². The van der Waals surface area contributed by atoms with Crippen LogP contribution in [0.3, 0.4) is 0 Å². The van der Waals surface area contributed by atoms with Crippen molar-refractivity contribution in [3.8, 4) is 0 Å². The van der Waals surface area contributed by atoms with Crippen molar-refractivity contribution in [3.63, 3.8) is 0 Å². The van der Waals surface area contributed by atoms with Crippen molar-refractivity contribution in [3.05, 3.63) is 70.5 Å². The summed E-state index contributed by atoms with van der Waals surface area (Å²) in [6.45, 7) is 4.04. The molecule has 18 heavy (non-hydrogen) atoms. The Hall–Kier alpha value is -1.67. The van der Waals surface area contributed by atoms with Crippen LogP contribution in [-0.2, 0) is 0 Å². The van der Waals surface area contributed by atoms with Crippen LogP contribution in [0.25, 0.3) is 0 Å². The summed E-state index contributed by atoms with van der Waals surface area (Å²) in [6, 6.07) is 13.3. The standard InChI is InChI=1S/C16H18FN/c1-11-6-4-5-7-14(11)16(18-3)15-9-8-13(17)10-12(15)2/h4-10,16,18H,1-3H3. The molecule has 0 aromatic heterocycles. The Bertz CT molecular complexity index is 549. The molecular formula is C16H18FN. The third-order valence-corrected chi connectivity index (χ3v) is 3.33. The summed E-state index contributed by atoms with van der Waals surface area (Å²) in [7, 11) is 1.93. The molecule has 0 fully saturated rings. The Morgan fingerprint density at radius 1 is 0.944 bits per heavy atom. The molecule has 0 aliphatic heterocycles. The molecule has 1 unspecified atom stereocenters. The van der Waals surface area contributed by atoms with E-state index in [2.05, 4.69) is 24.4 Å². The minimum atomic E-state index is -0.184. The Morgan fingerprint density at radius 2 is 1.61 bits per heavy atom. The van der Waals surface area contributed by atoms with E-state index in [0.717, 1.165) is 11.1 Å². The molecule has 1 nitrogen and oxygen atoms in total. The predicted molar refractivity (Wildman–Crippen MR) is 73.2 cm³/mol. The van der Waals surface area contributed by atoms with Crippen molar-refractivity contribution in [2.45, 2.75) is 19.9 Å². The summed E-state index contributed by atoms with van der Waals surface area (Å²) in [4.78, 5) is 0. The predicted octanol–water partition coefficient (Wildman–Crippen LogP) is 3.75. The molecular weight excluding hydrogens is 225 g/mol. The highest BCUT2D eigenvalue weighted by atomic mass is 19.1. The monoisotopic (exact) mass is 243 g/mol. The molecule has 0 amide bonds. The fourth-order valence-electron chi connectivity index (χ4n) is 2.35. The number of aryl methyl sites for hydroxylation is 2. The zero-order chi connectivity index (χ0) is 13.1. The van der Waals surface area contributed by atoms with Crippen LogP contribution in [0.15, 0.2) is 42.5 Å². The van der Waals surface area contributed by atoms with Gasteiger partial charge in [-0.3, -0.25) is 0 Å². The fraction of sp³-hybridized carbons (Fsp3) is 0.250. The van der Waals surface area contributed by atoms with Gasteiger partial charge in [-0.05, 0) is 55.3 Å². The quantitative estimate of drug-likeness (QED) is 0.865. The second kappa shape index (κ2) is 5.32. The third kappa shape index (κ3) is 2.44. The van der Waals surface area contributed by atoms with Gasteiger partial charge in [-0.15, -0.1) is 0 Å². The molecule has 0 bridgehead atoms. The van der Waals surface area contributed by atoms with E-state index in [9.17, 15) is 4.39 Å². The number of hydrogen-bond donors (Lipinski definition) is 1. The van der Waals surface area contributed by atoms with E-state index >= 15 is 0 Å². The van der Waals surface area contributed by atoms with Gasteiger partial charge in [0.25, 0.3) is 0 Å². The first-order valence-corrected chi connectivity index (χ1v) is 6.12. The maximum absolute atomic E-state index is 13.2. The van der Waals surface area contributed by atoms with E-state index in [1.54, 1.807) is 6.07 Å². The summed E-state index contributed by atoms with van der Waals surface area (Å²) in [5.41, 5.74) is 4.56. The van der Waals surface area contributed by atoms with Gasteiger partial charge in [-0.25, -0.2) is 4.39 Å². The maximum Gasteiger partial charge on any atom is 0.123 e. The maximum atomic E-state index is 13.2. The van der Waals surface area contributed by atoms with Crippen molar-refractivity contribution >= 4 is 0 Å². The number of hydrogen-bond acceptors (Lipinski definition) is 1. The molecule has 2 rings (SSSR count). The SMILES string of the molecule is CNC(c1ccccc1C)c1ccc(F)cc1C. The molecule has 1 atom stereocenters. The van der Waals surface area contributed by atoms with Crippen LogP contribution in [0.1, 0.15) is 28.3 Å². The van der Waals surface area contributed by atoms with Crippen LogP contribution in [0, 0.1) is 19.7 Å². The lowest BCUT2D eigenvalue weighted by molar-refractivity contribution is 0.621. The van der Waals surface area contributed by atoms with Crippen LogP contribution in [0.5, 0.6) is 0 Å². The molecule has 0 heterocycles. The van der Waals surface area contributed by atoms with Crippen LogP contribution < -0.4 is 5.32 Å². The average molecular weight is 243 g/mol. The van der Waals surface area contributed by atoms with Gasteiger partial charge in [-0.2, -0.15) is 0 Å². The highest BCUT2D eigenvalue weighted by molar-refractivity contribution is 5.40. The van der Waals surface area contributed by atoms with E-state index in [4.69, 9.17) is 0 Å². The fourth-order valence-corrected chi connectivity index (χ4v) is 2.35. The Labute approximate surface area is 108 Å². The normalized spacial score (nSPS) is 12.4. The molecule has 0 spiro atoms. The first-order chi connectivity index (χ1) is 8.63. The van der Waals surface area contributed by atoms with Crippen molar-refractivity contribution in [2.24, 2.45) is 0 Å². The van der Waals surface area contributed by atoms with Gasteiger partial charge in [0.1, 0.15) is 5.82 Å². The second-order valence-electron chi connectivity index (χ2n) is 4.58. The molecule has 0 aliphatic rings. The van der Waals surface area contributed by atoms with Crippen molar-refractivity contribution in [1.29, 1.82) is 0 Å². The van der Waals surface area contributed by atoms with Crippen LogP contribution in [-0.4, -0.2) is 7.05 Å². The molecule has 2 heteroatoms. The van der Waals surface area contributed by atoms with Gasteiger partial charge in [0.05, 0.1) is 6.04 Å². The minimum absolute atomic E-state index is 0.104. The van der Waals surface area contributed by atoms with Gasteiger partial charge in [0.15, 0.2) is 0 Å². The zero-order valence-corrected chi connectivity index (χ0v) is 11.0. The summed E-state index contributed by atoms with van der Waals surface area (Å²) in [6.07, 6.45) is 0. The van der Waals surface area contributed by atoms with Crippen LogP contribution in [0.2, 0.25) is 0 Å². The summed E-state index contributed by atoms with van der Waals surface area (Å²) in [5, 5.41) is 3.31. The van der Waals surface area contributed by atoms with Crippen LogP contribution in [0.4, 0.5) is 4.39 Å². The van der Waals surface area contributed by atoms with Crippen molar-refractivity contribution in [1.82, 2.24) is 5.32 Å². The molecule has 94 valence electrons. The lowest BCUT2D eigenvalue weighted by Gasteiger charge is -2.21. The molecule has 1 N–H and O–H groups in total. The van der Waals surface area contributed by atoms with Gasteiger partial charge in [0.2, 0.25) is 0 Å². The van der Waals surface area contributed by atoms with E-state index in [1.165, 1.54) is 17.2 Å². The first kappa shape index (κ1) is 12.8. The highest BCUT2D eigenvalue weighted by Crippen LogP contribution is 2.27. The number of nitrogens with one attached hydrogen (secondary N) is 1. The minimum Gasteiger partial charge on any atom is -0.309 e. The smallest absolute Gasteiger partial charge is 0.123 e. The van der Waals surface area contributed by atoms with Crippen LogP contribution >= 0.6 is 0 Å². The zero-order valence-electron chi connectivity index (χ0n) is 11.0. The summed E-state index contributed by atoms with van der Waals surface area (Å²) >= 11 is 0. The number of rotatable bonds is 3. The van der Waals surface area contributed by atoms with Gasteiger partial charge >= 0.3 is 0 Å². The second-order valence-corrected chi connectivity index (χ2v) is 4.58. The Morgan fingerprint density at radius 3 is 2.22 bits per heavy atom. The first-order valence-electron chi connectivity index (χ1n) is 6.12. The molecule has 2 aromatic carbocycles. The van der Waals surface area contributed by atoms with Gasteiger partial charge < -0.3 is 5.32 Å². The Balaban J connectivity index is 2.49. The number of halogens is 1. The topological polar surface area (TPSA) is 12.0 Å². The molecule has 2 aromatic rings. The average Bonchev–Trinajstić information content (AvgIpc) is 2.34. The molecule has 0 radical (unpaired) electrons. The molecule has 0 saturated carbocycles. The highest BCUT2D eigenvalue weighted by Gasteiger charge is 2.15. The van der Waals surface area contributed by atoms with E-state index in [-0.39, 0.29) is 11.9 Å². The largest absolute Gasteiger partial charge is 0.309 e. The van der Waals surface area contributed by atoms with Gasteiger partial charge in [0, 0.05) is 0 Å². The number of benzene rings is 2.